The van der Waals surface area contributed by atoms with Gasteiger partial charge in [-0.2, -0.15) is 0 Å². The van der Waals surface area contributed by atoms with Crippen molar-refractivity contribution in [3.8, 4) is 0 Å². The van der Waals surface area contributed by atoms with Crippen molar-refractivity contribution in [3.63, 3.8) is 0 Å². The van der Waals surface area contributed by atoms with E-state index in [2.05, 4.69) is 6.92 Å². The van der Waals surface area contributed by atoms with E-state index >= 15 is 0 Å². The third-order valence-corrected chi connectivity index (χ3v) is 2.93. The Bertz CT molecular complexity index is 134. The number of hydrogen-bond donors (Lipinski definition) is 0. The number of ketones is 1. The molecule has 0 aromatic rings. The predicted octanol–water partition coefficient (Wildman–Crippen LogP) is 2.79. The van der Waals surface area contributed by atoms with Crippen molar-refractivity contribution in [2.75, 3.05) is 0 Å². The van der Waals surface area contributed by atoms with E-state index in [0.29, 0.717) is 11.7 Å². The third kappa shape index (κ3) is 2.05. The molecule has 1 heteroatoms. The molecule has 0 aliphatic heterocycles. The van der Waals surface area contributed by atoms with E-state index in [1.165, 1.54) is 25.7 Å². The van der Waals surface area contributed by atoms with E-state index in [-0.39, 0.29) is 0 Å². The first-order chi connectivity index (χ1) is 5.25. The second-order valence-electron chi connectivity index (χ2n) is 3.67. The zero-order valence-electron chi connectivity index (χ0n) is 7.60. The fourth-order valence-corrected chi connectivity index (χ4v) is 2.31. The molecule has 11 heavy (non-hydrogen) atoms. The Balaban J connectivity index is 2.46. The summed E-state index contributed by atoms with van der Waals surface area (Å²) in [6.07, 6.45) is 6.30. The van der Waals surface area contributed by atoms with Crippen LogP contribution in [0.4, 0.5) is 0 Å². The molecule has 0 saturated heterocycles. The van der Waals surface area contributed by atoms with E-state index in [4.69, 9.17) is 0 Å². The average molecular weight is 154 g/mol. The van der Waals surface area contributed by atoms with Gasteiger partial charge in [-0.3, -0.25) is 4.79 Å². The molecule has 1 saturated carbocycles. The van der Waals surface area contributed by atoms with Gasteiger partial charge in [0.25, 0.3) is 0 Å². The van der Waals surface area contributed by atoms with Gasteiger partial charge in [-0.05, 0) is 32.1 Å². The highest BCUT2D eigenvalue weighted by molar-refractivity contribution is 5.78. The maximum atomic E-state index is 11.2. The Kier molecular flexibility index (Phi) is 3.10. The molecule has 0 aromatic heterocycles. The van der Waals surface area contributed by atoms with Gasteiger partial charge in [-0.25, -0.2) is 0 Å². The molecule has 64 valence electrons. The van der Waals surface area contributed by atoms with Crippen LogP contribution in [0.15, 0.2) is 0 Å². The highest BCUT2D eigenvalue weighted by Crippen LogP contribution is 2.33. The summed E-state index contributed by atoms with van der Waals surface area (Å²) in [7, 11) is 0. The largest absolute Gasteiger partial charge is 0.300 e. The van der Waals surface area contributed by atoms with Gasteiger partial charge in [0.15, 0.2) is 0 Å². The molecule has 1 nitrogen and oxygen atoms in total. The fraction of sp³-hybridized carbons (Fsp3) is 0.900. The number of carbonyl (C=O) groups excluding carboxylic acids is 1. The van der Waals surface area contributed by atoms with Crippen LogP contribution in [-0.4, -0.2) is 5.78 Å². The second kappa shape index (κ2) is 3.89. The van der Waals surface area contributed by atoms with Crippen LogP contribution in [0.25, 0.3) is 0 Å². The first-order valence-electron chi connectivity index (χ1n) is 4.76. The fourth-order valence-electron chi connectivity index (χ4n) is 2.31. The highest BCUT2D eigenvalue weighted by atomic mass is 16.1. The Labute approximate surface area is 69.2 Å². The van der Waals surface area contributed by atoms with E-state index in [9.17, 15) is 4.79 Å². The molecule has 1 fully saturated rings. The highest BCUT2D eigenvalue weighted by Gasteiger charge is 2.26. The molecule has 0 aromatic carbocycles. The lowest BCUT2D eigenvalue weighted by molar-refractivity contribution is -0.122. The van der Waals surface area contributed by atoms with Gasteiger partial charge < -0.3 is 0 Å². The van der Waals surface area contributed by atoms with Crippen molar-refractivity contribution in [1.29, 1.82) is 0 Å². The lowest BCUT2D eigenvalue weighted by Crippen LogP contribution is -2.18. The smallest absolute Gasteiger partial charge is 0.133 e. The summed E-state index contributed by atoms with van der Waals surface area (Å²) in [5.41, 5.74) is 0. The zero-order chi connectivity index (χ0) is 8.27. The normalized spacial score (nSPS) is 22.0. The average Bonchev–Trinajstić information content (AvgIpc) is 2.40. The van der Waals surface area contributed by atoms with Crippen LogP contribution in [-0.2, 0) is 4.79 Å². The standard InChI is InChI=1S/C10H18O/c1-3-10(8(2)11)9-6-4-5-7-9/h9-10H,3-7H2,1-2H3. The molecule has 0 bridgehead atoms. The summed E-state index contributed by atoms with van der Waals surface area (Å²) < 4.78 is 0. The maximum Gasteiger partial charge on any atom is 0.133 e. The number of hydrogen-bond acceptors (Lipinski definition) is 1. The molecule has 1 atom stereocenters. The van der Waals surface area contributed by atoms with Gasteiger partial charge in [0.05, 0.1) is 0 Å². The minimum Gasteiger partial charge on any atom is -0.300 e. The quantitative estimate of drug-likeness (QED) is 0.611. The molecule has 1 rings (SSSR count). The molecule has 1 unspecified atom stereocenters. The SMILES string of the molecule is CCC(C(C)=O)C1CCCC1. The topological polar surface area (TPSA) is 17.1 Å². The molecule has 0 radical (unpaired) electrons. The van der Waals surface area contributed by atoms with E-state index in [1.54, 1.807) is 6.92 Å². The number of rotatable bonds is 3. The van der Waals surface area contributed by atoms with Gasteiger partial charge in [0.2, 0.25) is 0 Å². The van der Waals surface area contributed by atoms with Gasteiger partial charge in [0, 0.05) is 5.92 Å². The van der Waals surface area contributed by atoms with Crippen LogP contribution < -0.4 is 0 Å². The van der Waals surface area contributed by atoms with Crippen LogP contribution >= 0.6 is 0 Å². The van der Waals surface area contributed by atoms with E-state index < -0.39 is 0 Å². The minimum absolute atomic E-state index is 0.373. The summed E-state index contributed by atoms with van der Waals surface area (Å²) >= 11 is 0. The minimum atomic E-state index is 0.373. The zero-order valence-corrected chi connectivity index (χ0v) is 7.60. The number of carbonyl (C=O) groups is 1. The summed E-state index contributed by atoms with van der Waals surface area (Å²) in [5, 5.41) is 0. The summed E-state index contributed by atoms with van der Waals surface area (Å²) in [6.45, 7) is 3.87. The van der Waals surface area contributed by atoms with Crippen molar-refractivity contribution in [1.82, 2.24) is 0 Å². The van der Waals surface area contributed by atoms with Crippen LogP contribution in [0, 0.1) is 11.8 Å². The van der Waals surface area contributed by atoms with Crippen molar-refractivity contribution < 1.29 is 4.79 Å². The Morgan fingerprint density at radius 1 is 1.45 bits per heavy atom. The van der Waals surface area contributed by atoms with Crippen LogP contribution in [0.5, 0.6) is 0 Å². The van der Waals surface area contributed by atoms with Gasteiger partial charge >= 0.3 is 0 Å². The lowest BCUT2D eigenvalue weighted by atomic mass is 9.86. The molecule has 1 aliphatic rings. The third-order valence-electron chi connectivity index (χ3n) is 2.93. The number of Topliss-reactive ketones (excluding diaryl/α,β-unsaturated/α-hetero) is 1. The first-order valence-corrected chi connectivity index (χ1v) is 4.76. The Morgan fingerprint density at radius 3 is 2.36 bits per heavy atom. The van der Waals surface area contributed by atoms with Crippen molar-refractivity contribution in [3.05, 3.63) is 0 Å². The predicted molar refractivity (Wildman–Crippen MR) is 46.4 cm³/mol. The van der Waals surface area contributed by atoms with Gasteiger partial charge in [0.1, 0.15) is 5.78 Å². The molecule has 0 N–H and O–H groups in total. The van der Waals surface area contributed by atoms with Crippen LogP contribution in [0.1, 0.15) is 46.0 Å². The van der Waals surface area contributed by atoms with Crippen LogP contribution in [0.3, 0.4) is 0 Å². The maximum absolute atomic E-state index is 11.2. The van der Waals surface area contributed by atoms with E-state index in [1.807, 2.05) is 0 Å². The summed E-state index contributed by atoms with van der Waals surface area (Å²) in [5.74, 6) is 1.49. The molecule has 0 spiro atoms. The molecule has 0 heterocycles. The second-order valence-corrected chi connectivity index (χ2v) is 3.67. The van der Waals surface area contributed by atoms with Crippen molar-refractivity contribution in [2.24, 2.45) is 11.8 Å². The summed E-state index contributed by atoms with van der Waals surface area (Å²) in [6, 6.07) is 0. The molecule has 1 aliphatic carbocycles. The summed E-state index contributed by atoms with van der Waals surface area (Å²) in [4.78, 5) is 11.2. The lowest BCUT2D eigenvalue weighted by Gasteiger charge is -2.18. The molecule has 0 amide bonds. The first kappa shape index (κ1) is 8.76. The Morgan fingerprint density at radius 2 is 2.00 bits per heavy atom. The monoisotopic (exact) mass is 154 g/mol. The molecular formula is C10H18O. The van der Waals surface area contributed by atoms with Crippen LogP contribution in [0.2, 0.25) is 0 Å². The van der Waals surface area contributed by atoms with Gasteiger partial charge in [-0.1, -0.05) is 19.8 Å². The van der Waals surface area contributed by atoms with Gasteiger partial charge in [-0.15, -0.1) is 0 Å². The molecular weight excluding hydrogens is 136 g/mol. The van der Waals surface area contributed by atoms with E-state index in [0.717, 1.165) is 12.3 Å². The van der Waals surface area contributed by atoms with Crippen molar-refractivity contribution in [2.45, 2.75) is 46.0 Å². The van der Waals surface area contributed by atoms with Crippen molar-refractivity contribution >= 4 is 5.78 Å². The Hall–Kier alpha value is -0.330.